The van der Waals surface area contributed by atoms with Crippen LogP contribution in [-0.4, -0.2) is 4.98 Å². The summed E-state index contributed by atoms with van der Waals surface area (Å²) >= 11 is 14.3. The van der Waals surface area contributed by atoms with Gasteiger partial charge in [0.1, 0.15) is 0 Å². The van der Waals surface area contributed by atoms with Crippen molar-refractivity contribution >= 4 is 65.7 Å². The van der Waals surface area contributed by atoms with Crippen LogP contribution >= 0.6 is 34.5 Å². The average molecular weight is 304 g/mol. The zero-order chi connectivity index (χ0) is 13.0. The molecular formula is C15H7Cl2NS. The number of aromatic nitrogens is 1. The number of para-hydroxylation sites is 1. The highest BCUT2D eigenvalue weighted by atomic mass is 35.5. The molecule has 2 aromatic carbocycles. The maximum Gasteiger partial charge on any atom is 0.0911 e. The van der Waals surface area contributed by atoms with Crippen molar-refractivity contribution in [3.8, 4) is 0 Å². The second-order valence-corrected chi connectivity index (χ2v) is 6.23. The third-order valence-electron chi connectivity index (χ3n) is 3.20. The molecule has 0 aliphatic heterocycles. The molecule has 0 N–H and O–H groups in total. The Labute approximate surface area is 123 Å². The van der Waals surface area contributed by atoms with Gasteiger partial charge in [0.2, 0.25) is 0 Å². The number of thiophene rings is 1. The first-order valence-electron chi connectivity index (χ1n) is 5.80. The molecule has 4 heteroatoms. The molecule has 0 bridgehead atoms. The van der Waals surface area contributed by atoms with Crippen LogP contribution in [-0.2, 0) is 0 Å². The van der Waals surface area contributed by atoms with Crippen LogP contribution in [0, 0.1) is 0 Å². The highest BCUT2D eigenvalue weighted by Crippen LogP contribution is 2.40. The zero-order valence-corrected chi connectivity index (χ0v) is 12.0. The molecule has 19 heavy (non-hydrogen) atoms. The number of nitrogens with zero attached hydrogens (tertiary/aromatic N) is 1. The van der Waals surface area contributed by atoms with Gasteiger partial charge < -0.3 is 0 Å². The van der Waals surface area contributed by atoms with E-state index in [9.17, 15) is 0 Å². The summed E-state index contributed by atoms with van der Waals surface area (Å²) in [7, 11) is 0. The Morgan fingerprint density at radius 1 is 0.947 bits per heavy atom. The highest BCUT2D eigenvalue weighted by Gasteiger charge is 2.13. The first kappa shape index (κ1) is 11.5. The van der Waals surface area contributed by atoms with Crippen LogP contribution in [0.5, 0.6) is 0 Å². The lowest BCUT2D eigenvalue weighted by molar-refractivity contribution is 1.53. The van der Waals surface area contributed by atoms with Gasteiger partial charge in [-0.3, -0.25) is 0 Å². The number of pyridine rings is 1. The van der Waals surface area contributed by atoms with Crippen LogP contribution in [0.1, 0.15) is 0 Å². The summed E-state index contributed by atoms with van der Waals surface area (Å²) in [5.74, 6) is 0. The van der Waals surface area contributed by atoms with Gasteiger partial charge in [-0.15, -0.1) is 11.3 Å². The topological polar surface area (TPSA) is 12.9 Å². The van der Waals surface area contributed by atoms with Crippen molar-refractivity contribution in [1.29, 1.82) is 0 Å². The van der Waals surface area contributed by atoms with Gasteiger partial charge in [0.05, 0.1) is 20.8 Å². The van der Waals surface area contributed by atoms with E-state index in [4.69, 9.17) is 28.2 Å². The largest absolute Gasteiger partial charge is 0.246 e. The third kappa shape index (κ3) is 1.64. The van der Waals surface area contributed by atoms with Crippen LogP contribution in [0.25, 0.3) is 31.2 Å². The van der Waals surface area contributed by atoms with E-state index in [0.29, 0.717) is 0 Å². The van der Waals surface area contributed by atoms with E-state index < -0.39 is 0 Å². The average Bonchev–Trinajstić information content (AvgIpc) is 2.78. The van der Waals surface area contributed by atoms with Crippen molar-refractivity contribution < 1.29 is 0 Å². The van der Waals surface area contributed by atoms with Gasteiger partial charge in [0, 0.05) is 20.5 Å². The molecule has 0 aliphatic carbocycles. The number of hydrogen-bond acceptors (Lipinski definition) is 2. The fraction of sp³-hybridized carbons (Fsp3) is 0. The molecule has 0 saturated heterocycles. The molecule has 0 unspecified atom stereocenters. The van der Waals surface area contributed by atoms with E-state index >= 15 is 0 Å². The number of fused-ring (bicyclic) bond motifs is 4. The molecule has 2 aromatic heterocycles. The van der Waals surface area contributed by atoms with Crippen molar-refractivity contribution in [1.82, 2.24) is 4.98 Å². The summed E-state index contributed by atoms with van der Waals surface area (Å²) in [6.45, 7) is 0. The molecule has 92 valence electrons. The highest BCUT2D eigenvalue weighted by molar-refractivity contribution is 7.26. The molecular weight excluding hydrogens is 297 g/mol. The SMILES string of the molecule is Clc1ccc2sc3c(Cl)c4ccccc4nc3c2c1. The summed E-state index contributed by atoms with van der Waals surface area (Å²) in [6, 6.07) is 13.8. The predicted molar refractivity (Wildman–Crippen MR) is 84.7 cm³/mol. The summed E-state index contributed by atoms with van der Waals surface area (Å²) in [5, 5.41) is 3.56. The van der Waals surface area contributed by atoms with Crippen LogP contribution in [0.2, 0.25) is 10.0 Å². The van der Waals surface area contributed by atoms with Gasteiger partial charge in [-0.25, -0.2) is 4.98 Å². The fourth-order valence-corrected chi connectivity index (χ4v) is 3.93. The predicted octanol–water partition coefficient (Wildman–Crippen LogP) is 5.91. The lowest BCUT2D eigenvalue weighted by Crippen LogP contribution is -1.81. The maximum absolute atomic E-state index is 6.52. The maximum atomic E-state index is 6.52. The van der Waals surface area contributed by atoms with Crippen molar-refractivity contribution in [2.45, 2.75) is 0 Å². The van der Waals surface area contributed by atoms with Crippen LogP contribution in [0.3, 0.4) is 0 Å². The standard InChI is InChI=1S/C15H7Cl2NS/c16-8-5-6-12-10(7-8)14-15(19-12)13(17)9-3-1-2-4-11(9)18-14/h1-7H. The van der Waals surface area contributed by atoms with Gasteiger partial charge in [0.15, 0.2) is 0 Å². The number of rotatable bonds is 0. The smallest absolute Gasteiger partial charge is 0.0911 e. The monoisotopic (exact) mass is 303 g/mol. The van der Waals surface area contributed by atoms with Gasteiger partial charge in [-0.05, 0) is 24.3 Å². The quantitative estimate of drug-likeness (QED) is 0.393. The normalized spacial score (nSPS) is 11.7. The molecule has 1 nitrogen and oxygen atoms in total. The van der Waals surface area contributed by atoms with Gasteiger partial charge in [0.25, 0.3) is 0 Å². The minimum Gasteiger partial charge on any atom is -0.246 e. The Kier molecular flexibility index (Phi) is 2.46. The molecule has 0 amide bonds. The van der Waals surface area contributed by atoms with E-state index in [1.54, 1.807) is 11.3 Å². The van der Waals surface area contributed by atoms with Gasteiger partial charge >= 0.3 is 0 Å². The Morgan fingerprint density at radius 2 is 1.79 bits per heavy atom. The Balaban J connectivity index is 2.30. The first-order chi connectivity index (χ1) is 9.24. The number of benzene rings is 2. The summed E-state index contributed by atoms with van der Waals surface area (Å²) in [4.78, 5) is 4.74. The Morgan fingerprint density at radius 3 is 2.68 bits per heavy atom. The molecule has 0 atom stereocenters. The molecule has 0 radical (unpaired) electrons. The van der Waals surface area contributed by atoms with Gasteiger partial charge in [-0.2, -0.15) is 0 Å². The fourth-order valence-electron chi connectivity index (χ4n) is 2.32. The Bertz CT molecular complexity index is 943. The van der Waals surface area contributed by atoms with Crippen molar-refractivity contribution in [2.24, 2.45) is 0 Å². The molecule has 2 heterocycles. The number of halogens is 2. The van der Waals surface area contributed by atoms with Crippen molar-refractivity contribution in [2.75, 3.05) is 0 Å². The van der Waals surface area contributed by atoms with Gasteiger partial charge in [-0.1, -0.05) is 41.4 Å². The summed E-state index contributed by atoms with van der Waals surface area (Å²) < 4.78 is 2.18. The minimum atomic E-state index is 0.721. The third-order valence-corrected chi connectivity index (χ3v) is 5.11. The lowest BCUT2D eigenvalue weighted by atomic mass is 10.2. The molecule has 0 fully saturated rings. The summed E-state index contributed by atoms with van der Waals surface area (Å²) in [5.41, 5.74) is 1.85. The molecule has 0 saturated carbocycles. The number of hydrogen-bond donors (Lipinski definition) is 0. The lowest BCUT2D eigenvalue weighted by Gasteiger charge is -2.01. The molecule has 0 spiro atoms. The first-order valence-corrected chi connectivity index (χ1v) is 7.37. The van der Waals surface area contributed by atoms with E-state index in [0.717, 1.165) is 41.3 Å². The second kappa shape index (κ2) is 4.07. The zero-order valence-electron chi connectivity index (χ0n) is 9.65. The van der Waals surface area contributed by atoms with E-state index in [2.05, 4.69) is 0 Å². The molecule has 0 aliphatic rings. The van der Waals surface area contributed by atoms with Crippen LogP contribution < -0.4 is 0 Å². The van der Waals surface area contributed by atoms with Crippen molar-refractivity contribution in [3.05, 3.63) is 52.5 Å². The second-order valence-electron chi connectivity index (χ2n) is 4.36. The minimum absolute atomic E-state index is 0.721. The molecule has 4 aromatic rings. The Hall–Kier alpha value is -1.35. The van der Waals surface area contributed by atoms with Crippen LogP contribution in [0.4, 0.5) is 0 Å². The van der Waals surface area contributed by atoms with E-state index in [1.165, 1.54) is 0 Å². The van der Waals surface area contributed by atoms with Crippen molar-refractivity contribution in [3.63, 3.8) is 0 Å². The van der Waals surface area contributed by atoms with E-state index in [-0.39, 0.29) is 0 Å². The van der Waals surface area contributed by atoms with Crippen LogP contribution in [0.15, 0.2) is 42.5 Å². The van der Waals surface area contributed by atoms with E-state index in [1.807, 2.05) is 42.5 Å². The summed E-state index contributed by atoms with van der Waals surface area (Å²) in [6.07, 6.45) is 0. The molecule has 4 rings (SSSR count).